The molecule has 0 bridgehead atoms. The number of pyridine rings is 2. The number of carbonyl (C=O) groups is 1. The molecule has 4 rings (SSSR count). The zero-order valence-electron chi connectivity index (χ0n) is 19.8. The smallest absolute Gasteiger partial charge is 0.338 e. The molecule has 13 heteroatoms. The number of nitrogen functional groups attached to an aromatic ring is 2. The highest BCUT2D eigenvalue weighted by Gasteiger charge is 2.30. The van der Waals surface area contributed by atoms with Crippen LogP contribution in [0.4, 0.5) is 17.3 Å². The third kappa shape index (κ3) is 4.82. The van der Waals surface area contributed by atoms with Crippen molar-refractivity contribution in [3.63, 3.8) is 0 Å². The monoisotopic (exact) mass is 499 g/mol. The third-order valence-corrected chi connectivity index (χ3v) is 5.32. The summed E-state index contributed by atoms with van der Waals surface area (Å²) in [5, 5.41) is 23.9. The Bertz CT molecular complexity index is 1490. The van der Waals surface area contributed by atoms with E-state index in [0.717, 1.165) is 0 Å². The molecule has 1 aliphatic rings. The molecule has 37 heavy (non-hydrogen) atoms. The lowest BCUT2D eigenvalue weighted by atomic mass is 9.95. The Morgan fingerprint density at radius 2 is 2.03 bits per heavy atom. The summed E-state index contributed by atoms with van der Waals surface area (Å²) < 4.78 is 16.4. The maximum absolute atomic E-state index is 12.0. The number of hydrogen-bond donors (Lipinski definition) is 4. The third-order valence-electron chi connectivity index (χ3n) is 5.32. The van der Waals surface area contributed by atoms with Crippen molar-refractivity contribution >= 4 is 29.3 Å². The SMILES string of the molecule is CCOC(=O)c1ccnc(Oc2ccc(C3N=C(NC#N)Nc4nc(N)c(C#N)c(N)c43)cc2OC)c1. The number of benzene rings is 1. The molecule has 3 heterocycles. The Morgan fingerprint density at radius 1 is 1.22 bits per heavy atom. The molecule has 186 valence electrons. The first-order chi connectivity index (χ1) is 17.9. The van der Waals surface area contributed by atoms with Gasteiger partial charge in [0.05, 0.1) is 25.0 Å². The molecule has 0 amide bonds. The summed E-state index contributed by atoms with van der Waals surface area (Å²) in [5.74, 6) is 0.626. The normalized spacial score (nSPS) is 13.6. The molecule has 0 fully saturated rings. The van der Waals surface area contributed by atoms with Crippen molar-refractivity contribution in [3.8, 4) is 29.6 Å². The molecular formula is C24H21N9O4. The van der Waals surface area contributed by atoms with Gasteiger partial charge in [-0.1, -0.05) is 6.07 Å². The standard InChI is InChI=1S/C24H21N9O4/c1-3-36-23(34)13-6-7-29-17(9-13)37-15-5-4-12(8-16(15)35-2)20-18-19(27)14(10-25)21(28)32-22(18)33-24(31-20)30-11-26/h4-9,20H,3H2,1-2H3,(H6,27,28,30,31,32,33). The highest BCUT2D eigenvalue weighted by molar-refractivity contribution is 5.98. The van der Waals surface area contributed by atoms with Gasteiger partial charge in [-0.2, -0.15) is 10.5 Å². The number of methoxy groups -OCH3 is 1. The van der Waals surface area contributed by atoms with Gasteiger partial charge in [0.25, 0.3) is 0 Å². The summed E-state index contributed by atoms with van der Waals surface area (Å²) in [6, 6.07) is 9.18. The molecule has 1 atom stereocenters. The van der Waals surface area contributed by atoms with E-state index in [2.05, 4.69) is 25.6 Å². The number of guanidine groups is 1. The lowest BCUT2D eigenvalue weighted by Crippen LogP contribution is -2.32. The van der Waals surface area contributed by atoms with Crippen molar-refractivity contribution < 1.29 is 19.0 Å². The van der Waals surface area contributed by atoms with Crippen LogP contribution in [-0.2, 0) is 4.74 Å². The molecule has 0 saturated carbocycles. The van der Waals surface area contributed by atoms with Crippen molar-refractivity contribution in [2.45, 2.75) is 13.0 Å². The Kier molecular flexibility index (Phi) is 6.88. The summed E-state index contributed by atoms with van der Waals surface area (Å²) in [5.41, 5.74) is 13.6. The van der Waals surface area contributed by atoms with E-state index in [1.807, 2.05) is 6.07 Å². The Balaban J connectivity index is 1.74. The first-order valence-electron chi connectivity index (χ1n) is 10.9. The topological polar surface area (TPSA) is 207 Å². The van der Waals surface area contributed by atoms with Crippen molar-refractivity contribution in [3.05, 3.63) is 58.8 Å². The van der Waals surface area contributed by atoms with Crippen molar-refractivity contribution in [2.24, 2.45) is 4.99 Å². The van der Waals surface area contributed by atoms with E-state index < -0.39 is 12.0 Å². The molecule has 6 N–H and O–H groups in total. The van der Waals surface area contributed by atoms with Crippen LogP contribution in [0.2, 0.25) is 0 Å². The second kappa shape index (κ2) is 10.4. The summed E-state index contributed by atoms with van der Waals surface area (Å²) in [6.07, 6.45) is 3.23. The van der Waals surface area contributed by atoms with E-state index in [0.29, 0.717) is 22.6 Å². The number of aliphatic imine (C=N–C) groups is 1. The van der Waals surface area contributed by atoms with Gasteiger partial charge in [-0.3, -0.25) is 5.32 Å². The second-order valence-corrected chi connectivity index (χ2v) is 7.52. The highest BCUT2D eigenvalue weighted by Crippen LogP contribution is 2.43. The average Bonchev–Trinajstić information content (AvgIpc) is 2.89. The van der Waals surface area contributed by atoms with Gasteiger partial charge < -0.3 is 31.0 Å². The first-order valence-corrected chi connectivity index (χ1v) is 10.9. The number of anilines is 3. The summed E-state index contributed by atoms with van der Waals surface area (Å²) in [7, 11) is 1.46. The van der Waals surface area contributed by atoms with E-state index in [1.54, 1.807) is 31.3 Å². The molecule has 13 nitrogen and oxygen atoms in total. The summed E-state index contributed by atoms with van der Waals surface area (Å²) >= 11 is 0. The molecular weight excluding hydrogens is 478 g/mol. The van der Waals surface area contributed by atoms with Gasteiger partial charge in [0.2, 0.25) is 11.8 Å². The number of nitrogens with zero attached hydrogens (tertiary/aromatic N) is 5. The molecule has 0 spiro atoms. The van der Waals surface area contributed by atoms with Crippen molar-refractivity contribution in [1.82, 2.24) is 15.3 Å². The van der Waals surface area contributed by atoms with Gasteiger partial charge in [-0.15, -0.1) is 0 Å². The molecule has 3 aromatic rings. The number of nitrogens with two attached hydrogens (primary N) is 2. The second-order valence-electron chi connectivity index (χ2n) is 7.52. The molecule has 1 aromatic carbocycles. The van der Waals surface area contributed by atoms with Gasteiger partial charge in [0.1, 0.15) is 29.3 Å². The zero-order chi connectivity index (χ0) is 26.5. The van der Waals surface area contributed by atoms with Gasteiger partial charge >= 0.3 is 5.97 Å². The van der Waals surface area contributed by atoms with E-state index in [1.165, 1.54) is 25.4 Å². The maximum atomic E-state index is 12.0. The number of aromatic nitrogens is 2. The minimum atomic E-state index is -0.763. The Labute approximate surface area is 211 Å². The van der Waals surface area contributed by atoms with Gasteiger partial charge in [-0.25, -0.2) is 19.8 Å². The van der Waals surface area contributed by atoms with Crippen LogP contribution < -0.4 is 31.6 Å². The van der Waals surface area contributed by atoms with Crippen molar-refractivity contribution in [1.29, 1.82) is 10.5 Å². The number of nitrogens with one attached hydrogen (secondary N) is 2. The van der Waals surface area contributed by atoms with Crippen LogP contribution in [0.25, 0.3) is 0 Å². The van der Waals surface area contributed by atoms with Crippen LogP contribution in [-0.4, -0.2) is 35.6 Å². The maximum Gasteiger partial charge on any atom is 0.338 e. The van der Waals surface area contributed by atoms with Gasteiger partial charge in [0, 0.05) is 17.8 Å². The fraction of sp³-hybridized carbons (Fsp3) is 0.167. The molecule has 1 unspecified atom stereocenters. The van der Waals surface area contributed by atoms with Crippen molar-refractivity contribution in [2.75, 3.05) is 30.5 Å². The number of carbonyl (C=O) groups excluding carboxylic acids is 1. The van der Waals surface area contributed by atoms with E-state index in [4.69, 9.17) is 30.9 Å². The molecule has 0 saturated heterocycles. The lowest BCUT2D eigenvalue weighted by molar-refractivity contribution is 0.0525. The number of hydrogen-bond acceptors (Lipinski definition) is 13. The van der Waals surface area contributed by atoms with Gasteiger partial charge in [0.15, 0.2) is 17.7 Å². The van der Waals surface area contributed by atoms with Crippen LogP contribution in [0.3, 0.4) is 0 Å². The number of ether oxygens (including phenoxy) is 3. The fourth-order valence-corrected chi connectivity index (χ4v) is 3.68. The minimum Gasteiger partial charge on any atom is -0.493 e. The van der Waals surface area contributed by atoms with Crippen LogP contribution in [0.5, 0.6) is 17.4 Å². The Morgan fingerprint density at radius 3 is 2.73 bits per heavy atom. The minimum absolute atomic E-state index is 0.0249. The zero-order valence-corrected chi connectivity index (χ0v) is 19.8. The van der Waals surface area contributed by atoms with E-state index in [9.17, 15) is 10.1 Å². The Hall–Kier alpha value is -5.56. The van der Waals surface area contributed by atoms with E-state index >= 15 is 0 Å². The number of rotatable bonds is 6. The van der Waals surface area contributed by atoms with Crippen LogP contribution in [0.1, 0.15) is 40.0 Å². The quantitative estimate of drug-likeness (QED) is 0.219. The highest BCUT2D eigenvalue weighted by atomic mass is 16.5. The number of fused-ring (bicyclic) bond motifs is 1. The molecule has 2 aromatic heterocycles. The first kappa shape index (κ1) is 24.6. The largest absolute Gasteiger partial charge is 0.493 e. The molecule has 0 aliphatic carbocycles. The van der Waals surface area contributed by atoms with Crippen LogP contribution >= 0.6 is 0 Å². The van der Waals surface area contributed by atoms with Gasteiger partial charge in [-0.05, 0) is 30.7 Å². The van der Waals surface area contributed by atoms with Crippen LogP contribution in [0, 0.1) is 22.8 Å². The van der Waals surface area contributed by atoms with Crippen LogP contribution in [0.15, 0.2) is 41.5 Å². The number of esters is 1. The predicted octanol–water partition coefficient (Wildman–Crippen LogP) is 2.43. The summed E-state index contributed by atoms with van der Waals surface area (Å²) in [6.45, 7) is 1.95. The predicted molar refractivity (Wildman–Crippen MR) is 133 cm³/mol. The fourth-order valence-electron chi connectivity index (χ4n) is 3.68. The average molecular weight is 499 g/mol. The van der Waals surface area contributed by atoms with E-state index in [-0.39, 0.29) is 46.9 Å². The number of nitriles is 2. The molecule has 0 radical (unpaired) electrons. The lowest BCUT2D eigenvalue weighted by Gasteiger charge is -2.26. The summed E-state index contributed by atoms with van der Waals surface area (Å²) in [4.78, 5) is 25.0. The molecule has 1 aliphatic heterocycles.